The van der Waals surface area contributed by atoms with Crippen molar-refractivity contribution in [1.82, 2.24) is 5.32 Å². The number of hydrogen-bond donors (Lipinski definition) is 1. The van der Waals surface area contributed by atoms with Crippen molar-refractivity contribution in [2.45, 2.75) is 26.7 Å². The average molecular weight is 145 g/mol. The van der Waals surface area contributed by atoms with Crippen LogP contribution in [0.2, 0.25) is 0 Å². The van der Waals surface area contributed by atoms with Crippen LogP contribution in [0.5, 0.6) is 0 Å². The van der Waals surface area contributed by atoms with Gasteiger partial charge in [0.2, 0.25) is 0 Å². The van der Waals surface area contributed by atoms with Crippen molar-refractivity contribution in [3.05, 3.63) is 0 Å². The number of hydrogen-bond acceptors (Lipinski definition) is 2. The zero-order chi connectivity index (χ0) is 7.66. The molecular weight excluding hydrogens is 126 g/mol. The quantitative estimate of drug-likeness (QED) is 0.634. The molecule has 1 rings (SSSR count). The first-order valence-electron chi connectivity index (χ1n) is 4.20. The maximum atomic E-state index is 4.94. The molecule has 1 N–H and O–H groups in total. The highest BCUT2D eigenvalue weighted by molar-refractivity contribution is 4.43. The molecule has 0 bridgehead atoms. The first-order chi connectivity index (χ1) is 4.91. The van der Waals surface area contributed by atoms with E-state index in [4.69, 9.17) is 4.74 Å². The third-order valence-electron chi connectivity index (χ3n) is 1.33. The minimum atomic E-state index is 1.00. The van der Waals surface area contributed by atoms with E-state index in [-0.39, 0.29) is 0 Å². The van der Waals surface area contributed by atoms with E-state index in [9.17, 15) is 0 Å². The van der Waals surface area contributed by atoms with Gasteiger partial charge in [-0.3, -0.25) is 0 Å². The molecule has 1 saturated heterocycles. The fraction of sp³-hybridized carbons (Fsp3) is 1.00. The predicted octanol–water partition coefficient (Wildman–Crippen LogP) is 1.41. The molecule has 0 aliphatic carbocycles. The Kier molecular flexibility index (Phi) is 8.85. The second-order valence-electron chi connectivity index (χ2n) is 2.28. The van der Waals surface area contributed by atoms with Gasteiger partial charge in [0.25, 0.3) is 0 Å². The highest BCUT2D eigenvalue weighted by Crippen LogP contribution is 1.98. The second kappa shape index (κ2) is 8.92. The zero-order valence-electron chi connectivity index (χ0n) is 7.15. The van der Waals surface area contributed by atoms with Crippen LogP contribution in [0.3, 0.4) is 0 Å². The second-order valence-corrected chi connectivity index (χ2v) is 2.28. The van der Waals surface area contributed by atoms with Crippen molar-refractivity contribution in [2.24, 2.45) is 0 Å². The largest absolute Gasteiger partial charge is 0.381 e. The van der Waals surface area contributed by atoms with E-state index in [1.165, 1.54) is 12.8 Å². The van der Waals surface area contributed by atoms with Crippen molar-refractivity contribution >= 4 is 0 Å². The van der Waals surface area contributed by atoms with Crippen LogP contribution in [-0.2, 0) is 4.74 Å². The molecule has 0 aromatic rings. The van der Waals surface area contributed by atoms with Gasteiger partial charge in [0.15, 0.2) is 0 Å². The molecule has 62 valence electrons. The Morgan fingerprint density at radius 2 is 1.60 bits per heavy atom. The van der Waals surface area contributed by atoms with Crippen LogP contribution in [0.1, 0.15) is 26.7 Å². The molecule has 2 nitrogen and oxygen atoms in total. The highest BCUT2D eigenvalue weighted by Gasteiger charge is 1.94. The molecule has 0 spiro atoms. The smallest absolute Gasteiger partial charge is 0.0466 e. The molecule has 1 heterocycles. The van der Waals surface area contributed by atoms with E-state index < -0.39 is 0 Å². The lowest BCUT2D eigenvalue weighted by Gasteiger charge is -1.86. The van der Waals surface area contributed by atoms with Crippen LogP contribution >= 0.6 is 0 Å². The van der Waals surface area contributed by atoms with Crippen LogP contribution in [0.4, 0.5) is 0 Å². The van der Waals surface area contributed by atoms with Crippen molar-refractivity contribution in [3.63, 3.8) is 0 Å². The summed E-state index contributed by atoms with van der Waals surface area (Å²) < 4.78 is 4.94. The SMILES string of the molecule is C1CCOC1.CCNCC. The van der Waals surface area contributed by atoms with Gasteiger partial charge >= 0.3 is 0 Å². The molecule has 0 radical (unpaired) electrons. The Bertz CT molecular complexity index is 43.6. The fourth-order valence-electron chi connectivity index (χ4n) is 0.760. The van der Waals surface area contributed by atoms with Crippen LogP contribution in [0.15, 0.2) is 0 Å². The number of nitrogens with one attached hydrogen (secondary N) is 1. The van der Waals surface area contributed by atoms with E-state index in [0.717, 1.165) is 26.3 Å². The van der Waals surface area contributed by atoms with Gasteiger partial charge in [0, 0.05) is 13.2 Å². The van der Waals surface area contributed by atoms with Crippen LogP contribution in [-0.4, -0.2) is 26.3 Å². The first kappa shape index (κ1) is 9.92. The third kappa shape index (κ3) is 7.92. The van der Waals surface area contributed by atoms with E-state index in [0.29, 0.717) is 0 Å². The van der Waals surface area contributed by atoms with Crippen molar-refractivity contribution in [3.8, 4) is 0 Å². The maximum absolute atomic E-state index is 4.94. The van der Waals surface area contributed by atoms with Gasteiger partial charge in [-0.15, -0.1) is 0 Å². The molecule has 1 aliphatic heterocycles. The van der Waals surface area contributed by atoms with Gasteiger partial charge < -0.3 is 10.1 Å². The highest BCUT2D eigenvalue weighted by atomic mass is 16.5. The summed E-state index contributed by atoms with van der Waals surface area (Å²) in [5.41, 5.74) is 0. The minimum Gasteiger partial charge on any atom is -0.381 e. The molecule has 10 heavy (non-hydrogen) atoms. The molecule has 1 fully saturated rings. The summed E-state index contributed by atoms with van der Waals surface area (Å²) in [6.07, 6.45) is 2.56. The average Bonchev–Trinajstić information content (AvgIpc) is 2.44. The Hall–Kier alpha value is -0.0800. The molecular formula is C8H19NO. The molecule has 0 aromatic carbocycles. The Morgan fingerprint density at radius 3 is 1.70 bits per heavy atom. The van der Waals surface area contributed by atoms with Gasteiger partial charge in [-0.2, -0.15) is 0 Å². The molecule has 1 aliphatic rings. The summed E-state index contributed by atoms with van der Waals surface area (Å²) in [7, 11) is 0. The first-order valence-corrected chi connectivity index (χ1v) is 4.20. The van der Waals surface area contributed by atoms with Crippen LogP contribution < -0.4 is 5.32 Å². The molecule has 2 heteroatoms. The predicted molar refractivity (Wildman–Crippen MR) is 44.3 cm³/mol. The summed E-state index contributed by atoms with van der Waals surface area (Å²) in [6, 6.07) is 0. The van der Waals surface area contributed by atoms with E-state index in [2.05, 4.69) is 19.2 Å². The summed E-state index contributed by atoms with van der Waals surface area (Å²) in [5.74, 6) is 0. The lowest BCUT2D eigenvalue weighted by Crippen LogP contribution is -2.09. The molecule has 0 atom stereocenters. The number of ether oxygens (including phenoxy) is 1. The summed E-state index contributed by atoms with van der Waals surface area (Å²) >= 11 is 0. The van der Waals surface area contributed by atoms with Gasteiger partial charge in [-0.05, 0) is 25.9 Å². The van der Waals surface area contributed by atoms with Gasteiger partial charge in [-0.1, -0.05) is 13.8 Å². The summed E-state index contributed by atoms with van der Waals surface area (Å²) in [6.45, 7) is 8.39. The topological polar surface area (TPSA) is 21.3 Å². The van der Waals surface area contributed by atoms with Gasteiger partial charge in [0.05, 0.1) is 0 Å². The third-order valence-corrected chi connectivity index (χ3v) is 1.33. The lowest BCUT2D eigenvalue weighted by molar-refractivity contribution is 0.198. The molecule has 0 unspecified atom stereocenters. The van der Waals surface area contributed by atoms with Crippen LogP contribution in [0.25, 0.3) is 0 Å². The normalized spacial score (nSPS) is 16.2. The maximum Gasteiger partial charge on any atom is 0.0466 e. The van der Waals surface area contributed by atoms with Gasteiger partial charge in [-0.25, -0.2) is 0 Å². The van der Waals surface area contributed by atoms with E-state index >= 15 is 0 Å². The van der Waals surface area contributed by atoms with Crippen LogP contribution in [0, 0.1) is 0 Å². The molecule has 0 aromatic heterocycles. The Morgan fingerprint density at radius 1 is 1.10 bits per heavy atom. The monoisotopic (exact) mass is 145 g/mol. The fourth-order valence-corrected chi connectivity index (χ4v) is 0.760. The minimum absolute atomic E-state index is 1.00. The van der Waals surface area contributed by atoms with Crippen molar-refractivity contribution in [1.29, 1.82) is 0 Å². The summed E-state index contributed by atoms with van der Waals surface area (Å²) in [4.78, 5) is 0. The Balaban J connectivity index is 0.000000162. The van der Waals surface area contributed by atoms with Crippen molar-refractivity contribution < 1.29 is 4.74 Å². The lowest BCUT2D eigenvalue weighted by atomic mass is 10.4. The van der Waals surface area contributed by atoms with Gasteiger partial charge in [0.1, 0.15) is 0 Å². The standard InChI is InChI=1S/C4H11N.C4H8O/c1-3-5-4-2;1-2-4-5-3-1/h5H,3-4H2,1-2H3;1-4H2. The molecule has 0 saturated carbocycles. The summed E-state index contributed by atoms with van der Waals surface area (Å²) in [5, 5.41) is 3.11. The number of rotatable bonds is 2. The van der Waals surface area contributed by atoms with Crippen molar-refractivity contribution in [2.75, 3.05) is 26.3 Å². The van der Waals surface area contributed by atoms with E-state index in [1.54, 1.807) is 0 Å². The zero-order valence-corrected chi connectivity index (χ0v) is 7.15. The molecule has 0 amide bonds. The van der Waals surface area contributed by atoms with E-state index in [1.807, 2.05) is 0 Å². The Labute approximate surface area is 64.0 Å².